The third-order valence-electron chi connectivity index (χ3n) is 2.49. The molecule has 0 unspecified atom stereocenters. The molecule has 2 rings (SSSR count). The van der Waals surface area contributed by atoms with Crippen molar-refractivity contribution < 1.29 is 9.47 Å². The smallest absolute Gasteiger partial charge is 0.225 e. The van der Waals surface area contributed by atoms with Crippen molar-refractivity contribution in [3.05, 3.63) is 42.1 Å². The third-order valence-corrected chi connectivity index (χ3v) is 2.49. The van der Waals surface area contributed by atoms with E-state index in [1.165, 1.54) is 0 Å². The Morgan fingerprint density at radius 3 is 2.95 bits per heavy atom. The van der Waals surface area contributed by atoms with Crippen LogP contribution in [0.2, 0.25) is 0 Å². The van der Waals surface area contributed by atoms with E-state index in [0.717, 1.165) is 17.9 Å². The minimum atomic E-state index is 0.444. The second-order valence-corrected chi connectivity index (χ2v) is 3.89. The van der Waals surface area contributed by atoms with Crippen molar-refractivity contribution in [3.63, 3.8) is 0 Å². The normalized spacial score (nSPS) is 10.0. The molecule has 0 radical (unpaired) electrons. The average Bonchev–Trinajstić information content (AvgIpc) is 2.46. The molecule has 5 heteroatoms. The summed E-state index contributed by atoms with van der Waals surface area (Å²) in [6.45, 7) is 3.21. The molecule has 19 heavy (non-hydrogen) atoms. The van der Waals surface area contributed by atoms with Gasteiger partial charge in [0.25, 0.3) is 0 Å². The van der Waals surface area contributed by atoms with Crippen LogP contribution in [0.3, 0.4) is 0 Å². The predicted molar refractivity (Wildman–Crippen MR) is 73.5 cm³/mol. The lowest BCUT2D eigenvalue weighted by Gasteiger charge is -2.08. The summed E-state index contributed by atoms with van der Waals surface area (Å²) in [5.74, 6) is 1.94. The molecule has 0 bridgehead atoms. The maximum atomic E-state index is 5.63. The van der Waals surface area contributed by atoms with E-state index in [9.17, 15) is 0 Å². The van der Waals surface area contributed by atoms with Crippen LogP contribution in [0.25, 0.3) is 0 Å². The summed E-state index contributed by atoms with van der Waals surface area (Å²) >= 11 is 0. The quantitative estimate of drug-likeness (QED) is 0.863. The Morgan fingerprint density at radius 2 is 2.16 bits per heavy atom. The van der Waals surface area contributed by atoms with Gasteiger partial charge in [-0.2, -0.15) is 4.98 Å². The van der Waals surface area contributed by atoms with E-state index in [2.05, 4.69) is 15.3 Å². The summed E-state index contributed by atoms with van der Waals surface area (Å²) < 4.78 is 10.8. The molecule has 0 aliphatic carbocycles. The molecule has 0 aliphatic heterocycles. The highest BCUT2D eigenvalue weighted by Crippen LogP contribution is 2.15. The van der Waals surface area contributed by atoms with Crippen LogP contribution in [-0.2, 0) is 6.61 Å². The number of hydrogen-bond acceptors (Lipinski definition) is 5. The molecule has 0 saturated heterocycles. The maximum absolute atomic E-state index is 5.63. The van der Waals surface area contributed by atoms with Gasteiger partial charge in [-0.15, -0.1) is 0 Å². The minimum absolute atomic E-state index is 0.444. The Hall–Kier alpha value is -2.30. The molecule has 0 aliphatic rings. The fourth-order valence-electron chi connectivity index (χ4n) is 1.59. The molecular weight excluding hydrogens is 242 g/mol. The van der Waals surface area contributed by atoms with Crippen LogP contribution >= 0.6 is 0 Å². The Labute approximate surface area is 112 Å². The van der Waals surface area contributed by atoms with E-state index >= 15 is 0 Å². The van der Waals surface area contributed by atoms with Crippen LogP contribution in [0.4, 0.5) is 5.95 Å². The van der Waals surface area contributed by atoms with Gasteiger partial charge in [-0.25, -0.2) is 4.98 Å². The van der Waals surface area contributed by atoms with Gasteiger partial charge in [0.15, 0.2) is 0 Å². The molecule has 1 aromatic carbocycles. The average molecular weight is 259 g/mol. The summed E-state index contributed by atoms with van der Waals surface area (Å²) in [4.78, 5) is 8.33. The highest BCUT2D eigenvalue weighted by atomic mass is 16.5. The maximum Gasteiger partial charge on any atom is 0.225 e. The summed E-state index contributed by atoms with van der Waals surface area (Å²) in [7, 11) is 1.65. The van der Waals surface area contributed by atoms with E-state index in [1.54, 1.807) is 19.4 Å². The van der Waals surface area contributed by atoms with Crippen molar-refractivity contribution in [2.75, 3.05) is 19.0 Å². The SMILES string of the molecule is CCNc1nccc(OCc2cccc(OC)c2)n1. The molecule has 1 heterocycles. The Balaban J connectivity index is 1.99. The number of ether oxygens (including phenoxy) is 2. The van der Waals surface area contributed by atoms with Crippen LogP contribution < -0.4 is 14.8 Å². The first-order chi connectivity index (χ1) is 9.31. The van der Waals surface area contributed by atoms with Crippen LogP contribution in [0.15, 0.2) is 36.5 Å². The van der Waals surface area contributed by atoms with E-state index in [0.29, 0.717) is 18.4 Å². The molecule has 0 fully saturated rings. The van der Waals surface area contributed by atoms with Crippen LogP contribution in [0, 0.1) is 0 Å². The van der Waals surface area contributed by atoms with Gasteiger partial charge in [0.05, 0.1) is 7.11 Å². The number of hydrogen-bond donors (Lipinski definition) is 1. The van der Waals surface area contributed by atoms with Gasteiger partial charge < -0.3 is 14.8 Å². The van der Waals surface area contributed by atoms with Gasteiger partial charge in [0.2, 0.25) is 11.8 Å². The summed E-state index contributed by atoms with van der Waals surface area (Å²) in [6.07, 6.45) is 1.67. The fourth-order valence-corrected chi connectivity index (χ4v) is 1.59. The zero-order valence-corrected chi connectivity index (χ0v) is 11.1. The molecule has 0 saturated carbocycles. The fraction of sp³-hybridized carbons (Fsp3) is 0.286. The lowest BCUT2D eigenvalue weighted by atomic mass is 10.2. The van der Waals surface area contributed by atoms with Crippen molar-refractivity contribution in [2.24, 2.45) is 0 Å². The van der Waals surface area contributed by atoms with Crippen molar-refractivity contribution in [3.8, 4) is 11.6 Å². The number of rotatable bonds is 6. The van der Waals surface area contributed by atoms with Crippen LogP contribution in [0.5, 0.6) is 11.6 Å². The molecule has 1 N–H and O–H groups in total. The highest BCUT2D eigenvalue weighted by molar-refractivity contribution is 5.29. The van der Waals surface area contributed by atoms with Gasteiger partial charge in [-0.05, 0) is 24.6 Å². The Bertz CT molecular complexity index is 532. The second kappa shape index (κ2) is 6.58. The van der Waals surface area contributed by atoms with E-state index in [1.807, 2.05) is 31.2 Å². The molecule has 0 amide bonds. The third kappa shape index (κ3) is 3.84. The summed E-state index contributed by atoms with van der Waals surface area (Å²) in [6, 6.07) is 9.49. The second-order valence-electron chi connectivity index (χ2n) is 3.89. The van der Waals surface area contributed by atoms with Crippen LogP contribution in [0.1, 0.15) is 12.5 Å². The summed E-state index contributed by atoms with van der Waals surface area (Å²) in [5, 5.41) is 3.04. The van der Waals surface area contributed by atoms with Gasteiger partial charge in [-0.3, -0.25) is 0 Å². The monoisotopic (exact) mass is 259 g/mol. The van der Waals surface area contributed by atoms with E-state index in [4.69, 9.17) is 9.47 Å². The molecule has 1 aromatic heterocycles. The molecule has 100 valence electrons. The number of aromatic nitrogens is 2. The summed E-state index contributed by atoms with van der Waals surface area (Å²) in [5.41, 5.74) is 1.03. The largest absolute Gasteiger partial charge is 0.497 e. The van der Waals surface area contributed by atoms with Gasteiger partial charge in [0.1, 0.15) is 12.4 Å². The number of benzene rings is 1. The number of nitrogens with one attached hydrogen (secondary N) is 1. The van der Waals surface area contributed by atoms with Gasteiger partial charge in [-0.1, -0.05) is 12.1 Å². The first kappa shape index (κ1) is 13.1. The first-order valence-corrected chi connectivity index (χ1v) is 6.14. The van der Waals surface area contributed by atoms with Gasteiger partial charge in [0, 0.05) is 18.8 Å². The first-order valence-electron chi connectivity index (χ1n) is 6.14. The van der Waals surface area contributed by atoms with Crippen molar-refractivity contribution in [2.45, 2.75) is 13.5 Å². The predicted octanol–water partition coefficient (Wildman–Crippen LogP) is 2.50. The van der Waals surface area contributed by atoms with Crippen LogP contribution in [-0.4, -0.2) is 23.6 Å². The van der Waals surface area contributed by atoms with Crippen molar-refractivity contribution in [1.82, 2.24) is 9.97 Å². The zero-order chi connectivity index (χ0) is 13.5. The van der Waals surface area contributed by atoms with Crippen molar-refractivity contribution >= 4 is 5.95 Å². The Morgan fingerprint density at radius 1 is 1.26 bits per heavy atom. The molecule has 0 spiro atoms. The molecule has 0 atom stereocenters. The van der Waals surface area contributed by atoms with Crippen molar-refractivity contribution in [1.29, 1.82) is 0 Å². The lowest BCUT2D eigenvalue weighted by molar-refractivity contribution is 0.293. The zero-order valence-electron chi connectivity index (χ0n) is 11.1. The van der Waals surface area contributed by atoms with Gasteiger partial charge >= 0.3 is 0 Å². The number of nitrogens with zero attached hydrogens (tertiary/aromatic N) is 2. The van der Waals surface area contributed by atoms with E-state index in [-0.39, 0.29) is 0 Å². The minimum Gasteiger partial charge on any atom is -0.497 e. The lowest BCUT2D eigenvalue weighted by Crippen LogP contribution is -2.04. The molecule has 5 nitrogen and oxygen atoms in total. The van der Waals surface area contributed by atoms with E-state index < -0.39 is 0 Å². The standard InChI is InChI=1S/C14H17N3O2/c1-3-15-14-16-8-7-13(17-14)19-10-11-5-4-6-12(9-11)18-2/h4-9H,3,10H2,1-2H3,(H,15,16,17). The number of methoxy groups -OCH3 is 1. The molecular formula is C14H17N3O2. The topological polar surface area (TPSA) is 56.3 Å². The number of anilines is 1. The Kier molecular flexibility index (Phi) is 4.55. The molecule has 2 aromatic rings. The highest BCUT2D eigenvalue weighted by Gasteiger charge is 2.01.